The molecule has 0 unspecified atom stereocenters. The second kappa shape index (κ2) is 8.99. The van der Waals surface area contributed by atoms with Crippen LogP contribution in [0.25, 0.3) is 11.5 Å². The van der Waals surface area contributed by atoms with Gasteiger partial charge in [0.25, 0.3) is 0 Å². The molecule has 1 atom stereocenters. The Balaban J connectivity index is 1.74. The Kier molecular flexibility index (Phi) is 6.44. The molecular weight excluding hydrogens is 378 g/mol. The molecule has 1 N–H and O–H groups in total. The highest BCUT2D eigenvalue weighted by Gasteiger charge is 2.35. The van der Waals surface area contributed by atoms with E-state index in [1.165, 1.54) is 0 Å². The summed E-state index contributed by atoms with van der Waals surface area (Å²) in [5, 5.41) is 11.9. The van der Waals surface area contributed by atoms with E-state index in [-0.39, 0.29) is 12.5 Å². The Labute approximate surface area is 168 Å². The molecule has 0 amide bonds. The highest BCUT2D eigenvalue weighted by Crippen LogP contribution is 2.22. The highest BCUT2D eigenvalue weighted by molar-refractivity contribution is 6.30. The number of aromatic nitrogens is 2. The second-order valence-corrected chi connectivity index (χ2v) is 7.02. The van der Waals surface area contributed by atoms with Gasteiger partial charge in [0.05, 0.1) is 13.2 Å². The lowest BCUT2D eigenvalue weighted by molar-refractivity contribution is -0.150. The van der Waals surface area contributed by atoms with Crippen molar-refractivity contribution in [3.05, 3.63) is 71.1 Å². The maximum atomic E-state index is 12.6. The first kappa shape index (κ1) is 20.0. The minimum atomic E-state index is -0.929. The van der Waals surface area contributed by atoms with Crippen molar-refractivity contribution in [1.29, 1.82) is 0 Å². The SMILES string of the molecule is CCOC(=O)[C@](C)(Cc1ccccc1)NCc1nnc(-c2cccc(Cl)c2)o1. The molecule has 0 saturated heterocycles. The quantitative estimate of drug-likeness (QED) is 0.576. The van der Waals surface area contributed by atoms with Crippen LogP contribution in [0.2, 0.25) is 5.02 Å². The summed E-state index contributed by atoms with van der Waals surface area (Å²) in [6.45, 7) is 4.14. The topological polar surface area (TPSA) is 77.2 Å². The Hall–Kier alpha value is -2.70. The molecule has 28 heavy (non-hydrogen) atoms. The number of nitrogens with zero attached hydrogens (tertiary/aromatic N) is 2. The Morgan fingerprint density at radius 2 is 1.96 bits per heavy atom. The van der Waals surface area contributed by atoms with E-state index in [0.29, 0.717) is 29.8 Å². The summed E-state index contributed by atoms with van der Waals surface area (Å²) >= 11 is 6.01. The van der Waals surface area contributed by atoms with Gasteiger partial charge in [0.2, 0.25) is 11.8 Å². The van der Waals surface area contributed by atoms with E-state index in [1.54, 1.807) is 19.1 Å². The van der Waals surface area contributed by atoms with Gasteiger partial charge in [-0.1, -0.05) is 48.0 Å². The number of hydrogen-bond acceptors (Lipinski definition) is 6. The van der Waals surface area contributed by atoms with E-state index in [0.717, 1.165) is 11.1 Å². The van der Waals surface area contributed by atoms with Gasteiger partial charge in [0.15, 0.2) is 0 Å². The molecular formula is C21H22ClN3O3. The van der Waals surface area contributed by atoms with E-state index in [9.17, 15) is 4.79 Å². The maximum Gasteiger partial charge on any atom is 0.326 e. The van der Waals surface area contributed by atoms with Gasteiger partial charge < -0.3 is 9.15 Å². The molecule has 7 heteroatoms. The second-order valence-electron chi connectivity index (χ2n) is 6.58. The third-order valence-corrected chi connectivity index (χ3v) is 4.53. The number of halogens is 1. The maximum absolute atomic E-state index is 12.6. The fourth-order valence-corrected chi connectivity index (χ4v) is 3.03. The molecule has 0 aliphatic rings. The van der Waals surface area contributed by atoms with Crippen molar-refractivity contribution in [2.24, 2.45) is 0 Å². The smallest absolute Gasteiger partial charge is 0.326 e. The standard InChI is InChI=1S/C21H22ClN3O3/c1-3-27-20(26)21(2,13-15-8-5-4-6-9-15)23-14-18-24-25-19(28-18)16-10-7-11-17(22)12-16/h4-12,23H,3,13-14H2,1-2H3/t21-/m0/s1. The third-order valence-electron chi connectivity index (χ3n) is 4.29. The molecule has 0 saturated carbocycles. The summed E-state index contributed by atoms with van der Waals surface area (Å²) in [6.07, 6.45) is 0.474. The minimum absolute atomic E-state index is 0.232. The lowest BCUT2D eigenvalue weighted by atomic mass is 9.92. The number of rotatable bonds is 8. The highest BCUT2D eigenvalue weighted by atomic mass is 35.5. The fourth-order valence-electron chi connectivity index (χ4n) is 2.84. The van der Waals surface area contributed by atoms with Crippen LogP contribution < -0.4 is 5.32 Å². The minimum Gasteiger partial charge on any atom is -0.465 e. The van der Waals surface area contributed by atoms with Gasteiger partial charge in [-0.2, -0.15) is 0 Å². The number of carbonyl (C=O) groups excluding carboxylic acids is 1. The zero-order chi connectivity index (χ0) is 20.0. The summed E-state index contributed by atoms with van der Waals surface area (Å²) in [7, 11) is 0. The van der Waals surface area contributed by atoms with Gasteiger partial charge in [-0.15, -0.1) is 10.2 Å². The van der Waals surface area contributed by atoms with Gasteiger partial charge in [-0.25, -0.2) is 0 Å². The van der Waals surface area contributed by atoms with Crippen LogP contribution in [0.15, 0.2) is 59.0 Å². The summed E-state index contributed by atoms with van der Waals surface area (Å²) < 4.78 is 11.0. The molecule has 0 spiro atoms. The van der Waals surface area contributed by atoms with Gasteiger partial charge in [0.1, 0.15) is 5.54 Å². The normalized spacial score (nSPS) is 13.1. The van der Waals surface area contributed by atoms with Crippen molar-refractivity contribution in [1.82, 2.24) is 15.5 Å². The fraction of sp³-hybridized carbons (Fsp3) is 0.286. The number of hydrogen-bond donors (Lipinski definition) is 1. The van der Waals surface area contributed by atoms with Crippen LogP contribution >= 0.6 is 11.6 Å². The molecule has 3 rings (SSSR count). The molecule has 0 fully saturated rings. The van der Waals surface area contributed by atoms with Crippen LogP contribution in [0, 0.1) is 0 Å². The number of nitrogens with one attached hydrogen (secondary N) is 1. The third kappa shape index (κ3) is 4.97. The monoisotopic (exact) mass is 399 g/mol. The molecule has 0 aliphatic heterocycles. The van der Waals surface area contributed by atoms with E-state index in [2.05, 4.69) is 15.5 Å². The van der Waals surface area contributed by atoms with Crippen molar-refractivity contribution in [3.63, 3.8) is 0 Å². The molecule has 0 aliphatic carbocycles. The zero-order valence-corrected chi connectivity index (χ0v) is 16.6. The van der Waals surface area contributed by atoms with Crippen molar-refractivity contribution in [3.8, 4) is 11.5 Å². The van der Waals surface area contributed by atoms with Crippen molar-refractivity contribution in [2.45, 2.75) is 32.4 Å². The summed E-state index contributed by atoms with van der Waals surface area (Å²) in [5.74, 6) is 0.423. The predicted octanol–water partition coefficient (Wildman–Crippen LogP) is 4.04. The molecule has 1 aromatic heterocycles. The average molecular weight is 400 g/mol. The molecule has 3 aromatic rings. The van der Waals surface area contributed by atoms with Crippen molar-refractivity contribution >= 4 is 17.6 Å². The van der Waals surface area contributed by atoms with Crippen LogP contribution in [0.5, 0.6) is 0 Å². The first-order chi connectivity index (χ1) is 13.5. The first-order valence-corrected chi connectivity index (χ1v) is 9.42. The van der Waals surface area contributed by atoms with Gasteiger partial charge >= 0.3 is 5.97 Å². The zero-order valence-electron chi connectivity index (χ0n) is 15.8. The molecule has 146 valence electrons. The van der Waals surface area contributed by atoms with E-state index < -0.39 is 5.54 Å². The summed E-state index contributed by atoms with van der Waals surface area (Å²) in [6, 6.07) is 17.0. The van der Waals surface area contributed by atoms with Crippen molar-refractivity contribution in [2.75, 3.05) is 6.61 Å². The summed E-state index contributed by atoms with van der Waals surface area (Å²) in [5.41, 5.74) is 0.835. The average Bonchev–Trinajstić information content (AvgIpc) is 3.17. The Morgan fingerprint density at radius 3 is 2.68 bits per heavy atom. The van der Waals surface area contributed by atoms with Crippen molar-refractivity contribution < 1.29 is 13.9 Å². The first-order valence-electron chi connectivity index (χ1n) is 9.04. The molecule has 0 radical (unpaired) electrons. The number of ether oxygens (including phenoxy) is 1. The Bertz CT molecular complexity index is 929. The largest absolute Gasteiger partial charge is 0.465 e. The molecule has 6 nitrogen and oxygen atoms in total. The van der Waals surface area contributed by atoms with Gasteiger partial charge in [-0.3, -0.25) is 10.1 Å². The van der Waals surface area contributed by atoms with Gasteiger partial charge in [0, 0.05) is 17.0 Å². The van der Waals surface area contributed by atoms with Crippen LogP contribution in [0.1, 0.15) is 25.3 Å². The van der Waals surface area contributed by atoms with Crippen LogP contribution in [0.4, 0.5) is 0 Å². The molecule has 2 aromatic carbocycles. The molecule has 1 heterocycles. The van der Waals surface area contributed by atoms with Crippen LogP contribution in [-0.4, -0.2) is 28.3 Å². The van der Waals surface area contributed by atoms with E-state index >= 15 is 0 Å². The summed E-state index contributed by atoms with van der Waals surface area (Å²) in [4.78, 5) is 12.6. The lowest BCUT2D eigenvalue weighted by Crippen LogP contribution is -2.51. The van der Waals surface area contributed by atoms with E-state index in [1.807, 2.05) is 49.4 Å². The van der Waals surface area contributed by atoms with Crippen LogP contribution in [0.3, 0.4) is 0 Å². The lowest BCUT2D eigenvalue weighted by Gasteiger charge is -2.28. The number of esters is 1. The predicted molar refractivity (Wildman–Crippen MR) is 107 cm³/mol. The number of benzene rings is 2. The molecule has 0 bridgehead atoms. The van der Waals surface area contributed by atoms with Crippen LogP contribution in [-0.2, 0) is 22.5 Å². The van der Waals surface area contributed by atoms with Gasteiger partial charge in [-0.05, 0) is 37.6 Å². The Morgan fingerprint density at radius 1 is 1.18 bits per heavy atom. The number of carbonyl (C=O) groups is 1. The van der Waals surface area contributed by atoms with E-state index in [4.69, 9.17) is 20.8 Å².